The smallest absolute Gasteiger partial charge is 0.0470 e. The third-order valence-corrected chi connectivity index (χ3v) is 3.83. The van der Waals surface area contributed by atoms with E-state index >= 15 is 0 Å². The predicted octanol–water partition coefficient (Wildman–Crippen LogP) is 3.67. The van der Waals surface area contributed by atoms with Crippen molar-refractivity contribution in [2.75, 3.05) is 19.6 Å². The summed E-state index contributed by atoms with van der Waals surface area (Å²) in [5, 5.41) is 0. The van der Waals surface area contributed by atoms with Crippen LogP contribution in [0.4, 0.5) is 0 Å². The highest BCUT2D eigenvalue weighted by Crippen LogP contribution is 2.25. The fourth-order valence-corrected chi connectivity index (χ4v) is 2.00. The van der Waals surface area contributed by atoms with Gasteiger partial charge >= 0.3 is 0 Å². The summed E-state index contributed by atoms with van der Waals surface area (Å²) in [5.41, 5.74) is -0.108. The van der Waals surface area contributed by atoms with Gasteiger partial charge in [0.15, 0.2) is 0 Å². The van der Waals surface area contributed by atoms with E-state index in [1.165, 1.54) is 42.8 Å². The van der Waals surface area contributed by atoms with Gasteiger partial charge in [0.05, 0.1) is 0 Å². The van der Waals surface area contributed by atoms with Crippen LogP contribution in [0, 0.1) is 0 Å². The molecule has 1 rings (SSSR count). The Labute approximate surface area is 110 Å². The largest absolute Gasteiger partial charge is 0.303 e. The normalized spacial score (nSPS) is 18.2. The highest BCUT2D eigenvalue weighted by molar-refractivity contribution is 6.34. The lowest BCUT2D eigenvalue weighted by molar-refractivity contribution is 0.274. The monoisotopic (exact) mass is 274 g/mol. The van der Waals surface area contributed by atoms with Crippen molar-refractivity contribution in [2.45, 2.75) is 45.1 Å². The van der Waals surface area contributed by atoms with E-state index in [4.69, 9.17) is 23.6 Å². The molecule has 5 heteroatoms. The first-order valence-electron chi connectivity index (χ1n) is 5.36. The van der Waals surface area contributed by atoms with Gasteiger partial charge in [-0.2, -0.15) is 0 Å². The number of hydrogen-bond donors (Lipinski definition) is 0. The summed E-state index contributed by atoms with van der Waals surface area (Å²) in [6.07, 6.45) is 4.93. The predicted molar refractivity (Wildman–Crippen MR) is 69.8 cm³/mol. The summed E-state index contributed by atoms with van der Waals surface area (Å²) in [7, 11) is 0. The molecule has 0 spiro atoms. The van der Waals surface area contributed by atoms with Crippen molar-refractivity contribution in [1.82, 2.24) is 8.84 Å². The van der Waals surface area contributed by atoms with Gasteiger partial charge in [0.25, 0.3) is 0 Å². The van der Waals surface area contributed by atoms with Crippen LogP contribution in [0.15, 0.2) is 0 Å². The van der Waals surface area contributed by atoms with Gasteiger partial charge in [0, 0.05) is 5.54 Å². The van der Waals surface area contributed by atoms with Crippen LogP contribution in [0.3, 0.4) is 0 Å². The summed E-state index contributed by atoms with van der Waals surface area (Å²) >= 11 is 11.5. The van der Waals surface area contributed by atoms with Gasteiger partial charge in [-0.15, -0.1) is 16.3 Å². The number of likely N-dealkylation sites (tertiary alicyclic amines) is 1. The van der Waals surface area contributed by atoms with Gasteiger partial charge in [0.1, 0.15) is 0 Å². The quantitative estimate of drug-likeness (QED) is 0.706. The zero-order chi connectivity index (χ0) is 10.6. The van der Waals surface area contributed by atoms with Crippen LogP contribution < -0.4 is 0 Å². The zero-order valence-electron chi connectivity index (χ0n) is 9.51. The third-order valence-electron chi connectivity index (χ3n) is 2.92. The molecule has 0 aromatic rings. The highest BCUT2D eigenvalue weighted by atomic mass is 35.5. The molecule has 1 heterocycles. The van der Waals surface area contributed by atoms with Crippen molar-refractivity contribution in [3.63, 3.8) is 0 Å². The van der Waals surface area contributed by atoms with Crippen LogP contribution in [0.25, 0.3) is 0 Å². The number of hydrogen-bond acceptors (Lipinski definition) is 2. The van der Waals surface area contributed by atoms with Crippen molar-refractivity contribution >= 4 is 36.0 Å². The molecule has 0 unspecified atom stereocenters. The van der Waals surface area contributed by atoms with E-state index in [9.17, 15) is 0 Å². The maximum atomic E-state index is 5.75. The minimum absolute atomic E-state index is 0. The Kier molecular flexibility index (Phi) is 7.56. The molecule has 0 radical (unpaired) electrons. The Hall–Kier alpha value is 0.790. The Morgan fingerprint density at radius 3 is 2.20 bits per heavy atom. The summed E-state index contributed by atoms with van der Waals surface area (Å²) < 4.78 is 1.27. The van der Waals surface area contributed by atoms with E-state index in [-0.39, 0.29) is 17.9 Å². The van der Waals surface area contributed by atoms with Crippen LogP contribution in [0.5, 0.6) is 0 Å². The second-order valence-electron chi connectivity index (χ2n) is 4.70. The Bertz CT molecular complexity index is 168. The molecule has 0 saturated carbocycles. The maximum Gasteiger partial charge on any atom is 0.0470 e. The summed E-state index contributed by atoms with van der Waals surface area (Å²) in [5.74, 6) is 0. The number of halogens is 3. The average molecular weight is 276 g/mol. The van der Waals surface area contributed by atoms with Crippen molar-refractivity contribution in [3.05, 3.63) is 0 Å². The molecule has 1 aliphatic rings. The lowest BCUT2D eigenvalue weighted by Crippen LogP contribution is -2.32. The topological polar surface area (TPSA) is 6.48 Å². The van der Waals surface area contributed by atoms with E-state index in [1.54, 1.807) is 0 Å². The molecule has 1 aliphatic heterocycles. The second-order valence-corrected chi connectivity index (χ2v) is 5.55. The summed E-state index contributed by atoms with van der Waals surface area (Å²) in [6.45, 7) is 7.86. The van der Waals surface area contributed by atoms with Crippen LogP contribution >= 0.6 is 36.0 Å². The molecule has 0 aliphatic carbocycles. The number of nitrogens with zero attached hydrogens (tertiary/aromatic N) is 2. The third kappa shape index (κ3) is 5.60. The van der Waals surface area contributed by atoms with E-state index in [0.29, 0.717) is 0 Å². The Balaban J connectivity index is 0.00000196. The molecule has 0 aromatic heterocycles. The van der Waals surface area contributed by atoms with E-state index in [2.05, 4.69) is 18.7 Å². The zero-order valence-corrected chi connectivity index (χ0v) is 11.8. The van der Waals surface area contributed by atoms with Crippen LogP contribution in [-0.4, -0.2) is 34.0 Å². The van der Waals surface area contributed by atoms with Crippen molar-refractivity contribution < 1.29 is 0 Å². The molecular formula is C10H21Cl3N2. The van der Waals surface area contributed by atoms with Crippen LogP contribution in [-0.2, 0) is 0 Å². The Morgan fingerprint density at radius 1 is 1.20 bits per heavy atom. The minimum Gasteiger partial charge on any atom is -0.303 e. The molecule has 2 nitrogen and oxygen atoms in total. The van der Waals surface area contributed by atoms with E-state index in [1.807, 2.05) is 0 Å². The Morgan fingerprint density at radius 2 is 1.73 bits per heavy atom. The molecule has 0 amide bonds. The summed E-state index contributed by atoms with van der Waals surface area (Å²) in [6, 6.07) is 0. The lowest BCUT2D eigenvalue weighted by atomic mass is 10.00. The molecule has 0 atom stereocenters. The molecular weight excluding hydrogens is 254 g/mol. The molecule has 15 heavy (non-hydrogen) atoms. The maximum absolute atomic E-state index is 5.75. The average Bonchev–Trinajstić information content (AvgIpc) is 2.56. The highest BCUT2D eigenvalue weighted by Gasteiger charge is 2.24. The fraction of sp³-hybridized carbons (Fsp3) is 1.00. The first kappa shape index (κ1) is 15.8. The van der Waals surface area contributed by atoms with Gasteiger partial charge in [-0.3, -0.25) is 0 Å². The first-order chi connectivity index (χ1) is 6.52. The van der Waals surface area contributed by atoms with Gasteiger partial charge < -0.3 is 4.90 Å². The molecule has 0 N–H and O–H groups in total. The minimum atomic E-state index is -0.108. The van der Waals surface area contributed by atoms with Crippen molar-refractivity contribution in [1.29, 1.82) is 0 Å². The summed E-state index contributed by atoms with van der Waals surface area (Å²) in [4.78, 5) is 2.52. The number of rotatable bonds is 5. The second kappa shape index (κ2) is 7.18. The molecule has 0 aromatic carbocycles. The molecule has 1 fully saturated rings. The van der Waals surface area contributed by atoms with E-state index < -0.39 is 0 Å². The SMILES string of the molecule is CC(C)(CCCN1CCCC1)N(Cl)Cl.Cl. The van der Waals surface area contributed by atoms with E-state index in [0.717, 1.165) is 6.42 Å². The van der Waals surface area contributed by atoms with Crippen molar-refractivity contribution in [2.24, 2.45) is 0 Å². The van der Waals surface area contributed by atoms with Gasteiger partial charge in [-0.05, 0) is 82.7 Å². The lowest BCUT2D eigenvalue weighted by Gasteiger charge is -2.28. The molecule has 92 valence electrons. The van der Waals surface area contributed by atoms with Gasteiger partial charge in [-0.1, -0.05) is 0 Å². The standard InChI is InChI=1S/C10H20Cl2N2.ClH/c1-10(2,14(11)12)6-5-9-13-7-3-4-8-13;/h3-9H2,1-2H3;1H. The van der Waals surface area contributed by atoms with Crippen LogP contribution in [0.1, 0.15) is 39.5 Å². The van der Waals surface area contributed by atoms with Gasteiger partial charge in [-0.25, -0.2) is 0 Å². The fourth-order valence-electron chi connectivity index (χ4n) is 1.83. The molecule has 1 saturated heterocycles. The van der Waals surface area contributed by atoms with Gasteiger partial charge in [0.2, 0.25) is 0 Å². The molecule has 0 bridgehead atoms. The van der Waals surface area contributed by atoms with Crippen LogP contribution in [0.2, 0.25) is 0 Å². The first-order valence-corrected chi connectivity index (χ1v) is 6.04. The van der Waals surface area contributed by atoms with Crippen molar-refractivity contribution in [3.8, 4) is 0 Å².